The number of rotatable bonds is 8. The standard InChI is InChI=1S/C25H35F2N3O2/c1-5-17(2)20(23-21(26)10-7-11-22(23)27)16-19-9-6-8-18(24(19)28-3)12-13-30(14-15-31)25(32)29-4/h7,10-11,16,18,31H,5-6,8-9,12-15H2,1-4H3,(H,29,32)/b19-16-,20-17-,28-24-. The fraction of sp³-hybridized carbons (Fsp3) is 0.520. The van der Waals surface area contributed by atoms with E-state index in [9.17, 15) is 18.7 Å². The van der Waals surface area contributed by atoms with Gasteiger partial charge in [-0.25, -0.2) is 13.6 Å². The number of nitrogens with one attached hydrogen (secondary N) is 1. The van der Waals surface area contributed by atoms with Crippen LogP contribution >= 0.6 is 0 Å². The highest BCUT2D eigenvalue weighted by Crippen LogP contribution is 2.34. The van der Waals surface area contributed by atoms with Crippen molar-refractivity contribution < 1.29 is 18.7 Å². The van der Waals surface area contributed by atoms with E-state index >= 15 is 0 Å². The van der Waals surface area contributed by atoms with E-state index in [0.717, 1.165) is 36.1 Å². The Morgan fingerprint density at radius 2 is 2.00 bits per heavy atom. The summed E-state index contributed by atoms with van der Waals surface area (Å²) in [6.07, 6.45) is 5.95. The first-order chi connectivity index (χ1) is 15.4. The molecule has 5 nitrogen and oxygen atoms in total. The number of carbonyl (C=O) groups is 1. The number of aliphatic imine (C=N–C) groups is 1. The third-order valence-electron chi connectivity index (χ3n) is 6.11. The van der Waals surface area contributed by atoms with Crippen LogP contribution in [0.4, 0.5) is 13.6 Å². The summed E-state index contributed by atoms with van der Waals surface area (Å²) in [5.74, 6) is -1.01. The summed E-state index contributed by atoms with van der Waals surface area (Å²) in [7, 11) is 3.31. The summed E-state index contributed by atoms with van der Waals surface area (Å²) in [4.78, 5) is 18.2. The van der Waals surface area contributed by atoms with Crippen molar-refractivity contribution >= 4 is 17.3 Å². The first-order valence-electron chi connectivity index (χ1n) is 11.3. The molecule has 1 aromatic carbocycles. The molecule has 1 fully saturated rings. The highest BCUT2D eigenvalue weighted by molar-refractivity contribution is 6.04. The van der Waals surface area contributed by atoms with Crippen molar-refractivity contribution in [2.75, 3.05) is 33.8 Å². The topological polar surface area (TPSA) is 64.9 Å². The predicted molar refractivity (Wildman–Crippen MR) is 126 cm³/mol. The molecule has 0 aromatic heterocycles. The second-order valence-electron chi connectivity index (χ2n) is 8.07. The van der Waals surface area contributed by atoms with E-state index < -0.39 is 11.6 Å². The quantitative estimate of drug-likeness (QED) is 0.591. The Kier molecular flexibility index (Phi) is 10.0. The van der Waals surface area contributed by atoms with E-state index in [-0.39, 0.29) is 30.7 Å². The van der Waals surface area contributed by atoms with E-state index in [1.165, 1.54) is 18.2 Å². The van der Waals surface area contributed by atoms with E-state index in [1.54, 1.807) is 19.0 Å². The fourth-order valence-electron chi connectivity index (χ4n) is 4.25. The van der Waals surface area contributed by atoms with Gasteiger partial charge in [0.05, 0.1) is 12.2 Å². The zero-order valence-corrected chi connectivity index (χ0v) is 19.5. The highest BCUT2D eigenvalue weighted by atomic mass is 19.1. The number of benzene rings is 1. The molecule has 2 amide bonds. The molecule has 2 rings (SSSR count). The molecule has 1 unspecified atom stereocenters. The Labute approximate surface area is 189 Å². The summed E-state index contributed by atoms with van der Waals surface area (Å²) in [6.45, 7) is 4.53. The molecule has 0 saturated heterocycles. The number of hydrogen-bond donors (Lipinski definition) is 2. The first kappa shape index (κ1) is 25.7. The number of carbonyl (C=O) groups excluding carboxylic acids is 1. The lowest BCUT2D eigenvalue weighted by atomic mass is 9.80. The molecule has 176 valence electrons. The van der Waals surface area contributed by atoms with E-state index in [0.29, 0.717) is 25.0 Å². The SMILES string of the molecule is CC/C(C)=C(/C=C1/CCCC(CCN(CCO)C(=O)NC)/C1=N/C)c1c(F)cccc1F. The molecule has 0 aliphatic heterocycles. The second-order valence-corrected chi connectivity index (χ2v) is 8.07. The van der Waals surface area contributed by atoms with Gasteiger partial charge in [0.2, 0.25) is 0 Å². The Morgan fingerprint density at radius 1 is 1.31 bits per heavy atom. The van der Waals surface area contributed by atoms with Gasteiger partial charge < -0.3 is 15.3 Å². The van der Waals surface area contributed by atoms with Gasteiger partial charge in [-0.2, -0.15) is 0 Å². The maximum atomic E-state index is 14.6. The Balaban J connectivity index is 2.36. The van der Waals surface area contributed by atoms with Gasteiger partial charge in [0.1, 0.15) is 11.6 Å². The van der Waals surface area contributed by atoms with Crippen molar-refractivity contribution in [2.24, 2.45) is 10.9 Å². The van der Waals surface area contributed by atoms with Crippen LogP contribution in [0.1, 0.15) is 51.5 Å². The van der Waals surface area contributed by atoms with Crippen molar-refractivity contribution in [3.8, 4) is 0 Å². The molecular weight excluding hydrogens is 412 g/mol. The van der Waals surface area contributed by atoms with E-state index in [1.807, 2.05) is 19.9 Å². The van der Waals surface area contributed by atoms with Crippen LogP contribution in [0.15, 0.2) is 40.4 Å². The van der Waals surface area contributed by atoms with Gasteiger partial charge in [-0.1, -0.05) is 18.6 Å². The Hall–Kier alpha value is -2.54. The number of amides is 2. The fourth-order valence-corrected chi connectivity index (χ4v) is 4.25. The maximum absolute atomic E-state index is 14.6. The normalized spacial score (nSPS) is 19.8. The van der Waals surface area contributed by atoms with Crippen molar-refractivity contribution in [1.29, 1.82) is 0 Å². The minimum Gasteiger partial charge on any atom is -0.395 e. The van der Waals surface area contributed by atoms with Crippen LogP contribution in [0.3, 0.4) is 0 Å². The minimum atomic E-state index is -0.572. The number of aliphatic hydroxyl groups is 1. The Morgan fingerprint density at radius 3 is 2.56 bits per heavy atom. The van der Waals surface area contributed by atoms with Crippen molar-refractivity contribution in [3.63, 3.8) is 0 Å². The number of urea groups is 1. The molecule has 7 heteroatoms. The van der Waals surface area contributed by atoms with Gasteiger partial charge in [0.15, 0.2) is 0 Å². The van der Waals surface area contributed by atoms with Crippen LogP contribution < -0.4 is 5.32 Å². The van der Waals surface area contributed by atoms with Crippen LogP contribution in [0.2, 0.25) is 0 Å². The molecular formula is C25H35F2N3O2. The molecule has 0 bridgehead atoms. The van der Waals surface area contributed by atoms with Gasteiger partial charge in [-0.15, -0.1) is 0 Å². The second kappa shape index (κ2) is 12.5. The molecule has 1 aliphatic rings. The van der Waals surface area contributed by atoms with Crippen LogP contribution in [-0.4, -0.2) is 55.5 Å². The molecule has 1 aliphatic carbocycles. The smallest absolute Gasteiger partial charge is 0.317 e. The lowest BCUT2D eigenvalue weighted by Crippen LogP contribution is -2.41. The van der Waals surface area contributed by atoms with Crippen LogP contribution in [0, 0.1) is 17.6 Å². The maximum Gasteiger partial charge on any atom is 0.317 e. The molecule has 2 N–H and O–H groups in total. The number of halogens is 2. The average Bonchev–Trinajstić information content (AvgIpc) is 2.79. The summed E-state index contributed by atoms with van der Waals surface area (Å²) in [5, 5.41) is 11.9. The number of allylic oxidation sites excluding steroid dienone is 4. The Bertz CT molecular complexity index is 873. The predicted octanol–water partition coefficient (Wildman–Crippen LogP) is 4.97. The van der Waals surface area contributed by atoms with Gasteiger partial charge in [0.25, 0.3) is 0 Å². The average molecular weight is 448 g/mol. The number of nitrogens with zero attached hydrogens (tertiary/aromatic N) is 2. The van der Waals surface area contributed by atoms with Gasteiger partial charge >= 0.3 is 6.03 Å². The van der Waals surface area contributed by atoms with Gasteiger partial charge in [0, 0.05) is 38.8 Å². The zero-order chi connectivity index (χ0) is 23.7. The molecule has 0 heterocycles. The third-order valence-corrected chi connectivity index (χ3v) is 6.11. The molecule has 0 radical (unpaired) electrons. The number of hydrogen-bond acceptors (Lipinski definition) is 3. The van der Waals surface area contributed by atoms with Crippen molar-refractivity contribution in [3.05, 3.63) is 52.6 Å². The van der Waals surface area contributed by atoms with Crippen molar-refractivity contribution in [2.45, 2.75) is 46.0 Å². The monoisotopic (exact) mass is 447 g/mol. The zero-order valence-electron chi connectivity index (χ0n) is 19.5. The van der Waals surface area contributed by atoms with E-state index in [2.05, 4.69) is 10.3 Å². The third kappa shape index (κ3) is 6.25. The van der Waals surface area contributed by atoms with Gasteiger partial charge in [-0.05, 0) is 68.4 Å². The lowest BCUT2D eigenvalue weighted by molar-refractivity contribution is 0.176. The van der Waals surface area contributed by atoms with Crippen LogP contribution in [0.5, 0.6) is 0 Å². The first-order valence-corrected chi connectivity index (χ1v) is 11.3. The van der Waals surface area contributed by atoms with Crippen LogP contribution in [0.25, 0.3) is 5.57 Å². The van der Waals surface area contributed by atoms with Gasteiger partial charge in [-0.3, -0.25) is 4.99 Å². The summed E-state index contributed by atoms with van der Waals surface area (Å²) in [6, 6.07) is 3.72. The largest absolute Gasteiger partial charge is 0.395 e. The lowest BCUT2D eigenvalue weighted by Gasteiger charge is -2.29. The molecule has 1 saturated carbocycles. The molecule has 32 heavy (non-hydrogen) atoms. The molecule has 0 spiro atoms. The van der Waals surface area contributed by atoms with Crippen molar-refractivity contribution in [1.82, 2.24) is 10.2 Å². The summed E-state index contributed by atoms with van der Waals surface area (Å²) in [5.41, 5.74) is 3.41. The van der Waals surface area contributed by atoms with E-state index in [4.69, 9.17) is 0 Å². The summed E-state index contributed by atoms with van der Waals surface area (Å²) < 4.78 is 29.2. The molecule has 1 atom stereocenters. The number of aliphatic hydroxyl groups excluding tert-OH is 1. The minimum absolute atomic E-state index is 0.00524. The highest BCUT2D eigenvalue weighted by Gasteiger charge is 2.26. The summed E-state index contributed by atoms with van der Waals surface area (Å²) >= 11 is 0. The van der Waals surface area contributed by atoms with Crippen LogP contribution in [-0.2, 0) is 0 Å². The molecule has 1 aromatic rings.